The number of hydrogen-bond donors (Lipinski definition) is 1. The van der Waals surface area contributed by atoms with E-state index in [9.17, 15) is 0 Å². The van der Waals surface area contributed by atoms with Gasteiger partial charge in [-0.05, 0) is 31.1 Å². The van der Waals surface area contributed by atoms with Crippen molar-refractivity contribution >= 4 is 11.3 Å². The molecule has 0 aliphatic heterocycles. The van der Waals surface area contributed by atoms with Crippen molar-refractivity contribution in [1.82, 2.24) is 4.98 Å². The fourth-order valence-corrected chi connectivity index (χ4v) is 3.31. The van der Waals surface area contributed by atoms with E-state index >= 15 is 0 Å². The van der Waals surface area contributed by atoms with Crippen LogP contribution in [0.15, 0.2) is 5.38 Å². The van der Waals surface area contributed by atoms with E-state index in [0.717, 1.165) is 6.42 Å². The molecule has 1 aromatic heterocycles. The zero-order valence-electron chi connectivity index (χ0n) is 11.2. The van der Waals surface area contributed by atoms with E-state index in [0.29, 0.717) is 17.4 Å². The van der Waals surface area contributed by atoms with Crippen molar-refractivity contribution < 1.29 is 0 Å². The van der Waals surface area contributed by atoms with Gasteiger partial charge in [0.1, 0.15) is 0 Å². The molecule has 0 aromatic carbocycles. The topological polar surface area (TPSA) is 38.9 Å². The molecule has 1 aromatic rings. The molecule has 1 aliphatic rings. The normalized spacial score (nSPS) is 25.4. The molecule has 2 rings (SSSR count). The Kier molecular flexibility index (Phi) is 3.88. The molecule has 1 heterocycles. The summed E-state index contributed by atoms with van der Waals surface area (Å²) in [4.78, 5) is 4.78. The molecule has 0 saturated heterocycles. The molecule has 0 amide bonds. The van der Waals surface area contributed by atoms with E-state index in [-0.39, 0.29) is 0 Å². The quantitative estimate of drug-likeness (QED) is 0.890. The molecule has 2 nitrogen and oxygen atoms in total. The van der Waals surface area contributed by atoms with Gasteiger partial charge >= 0.3 is 0 Å². The third-order valence-corrected chi connectivity index (χ3v) is 4.53. The smallest absolute Gasteiger partial charge is 0.0928 e. The second-order valence-electron chi connectivity index (χ2n) is 6.43. The van der Waals surface area contributed by atoms with E-state index in [1.165, 1.54) is 36.4 Å². The Morgan fingerprint density at radius 2 is 2.18 bits per heavy atom. The number of aryl methyl sites for hydroxylation is 1. The molecule has 2 N–H and O–H groups in total. The molecule has 2 atom stereocenters. The van der Waals surface area contributed by atoms with Crippen LogP contribution in [0.2, 0.25) is 0 Å². The van der Waals surface area contributed by atoms with Gasteiger partial charge in [-0.25, -0.2) is 4.98 Å². The van der Waals surface area contributed by atoms with E-state index in [4.69, 9.17) is 10.7 Å². The summed E-state index contributed by atoms with van der Waals surface area (Å²) in [5.41, 5.74) is 7.78. The fraction of sp³-hybridized carbons (Fsp3) is 0.786. The first-order valence-electron chi connectivity index (χ1n) is 6.65. The molecule has 96 valence electrons. The average molecular weight is 252 g/mol. The lowest BCUT2D eigenvalue weighted by Gasteiger charge is -2.16. The molecular formula is C14H24N2S. The summed E-state index contributed by atoms with van der Waals surface area (Å²) >= 11 is 1.81. The van der Waals surface area contributed by atoms with E-state index < -0.39 is 0 Å². The van der Waals surface area contributed by atoms with Crippen LogP contribution in [0.25, 0.3) is 0 Å². The maximum Gasteiger partial charge on any atom is 0.0928 e. The molecule has 2 unspecified atom stereocenters. The summed E-state index contributed by atoms with van der Waals surface area (Å²) in [5.74, 6) is 0.523. The van der Waals surface area contributed by atoms with Gasteiger partial charge in [0.25, 0.3) is 0 Å². The van der Waals surface area contributed by atoms with Crippen molar-refractivity contribution in [3.05, 3.63) is 16.1 Å². The van der Waals surface area contributed by atoms with Crippen LogP contribution in [0.1, 0.15) is 63.1 Å². The zero-order valence-corrected chi connectivity index (χ0v) is 12.0. The first-order chi connectivity index (χ1) is 7.96. The number of nitrogens with zero attached hydrogens (tertiary/aromatic N) is 1. The second-order valence-corrected chi connectivity index (χ2v) is 7.37. The van der Waals surface area contributed by atoms with Crippen molar-refractivity contribution in [2.75, 3.05) is 0 Å². The van der Waals surface area contributed by atoms with Gasteiger partial charge in [-0.1, -0.05) is 27.2 Å². The van der Waals surface area contributed by atoms with E-state index in [1.54, 1.807) is 0 Å². The lowest BCUT2D eigenvalue weighted by atomic mass is 9.91. The van der Waals surface area contributed by atoms with Crippen LogP contribution in [-0.4, -0.2) is 11.0 Å². The van der Waals surface area contributed by atoms with Crippen LogP contribution in [0.3, 0.4) is 0 Å². The third kappa shape index (κ3) is 3.52. The van der Waals surface area contributed by atoms with Crippen LogP contribution >= 0.6 is 11.3 Å². The molecule has 17 heavy (non-hydrogen) atoms. The minimum Gasteiger partial charge on any atom is -0.327 e. The third-order valence-electron chi connectivity index (χ3n) is 3.61. The van der Waals surface area contributed by atoms with Gasteiger partial charge in [-0.2, -0.15) is 0 Å². The van der Waals surface area contributed by atoms with Crippen molar-refractivity contribution in [3.63, 3.8) is 0 Å². The van der Waals surface area contributed by atoms with Crippen LogP contribution in [0.4, 0.5) is 0 Å². The Morgan fingerprint density at radius 1 is 1.41 bits per heavy atom. The highest BCUT2D eigenvalue weighted by Gasteiger charge is 2.27. The van der Waals surface area contributed by atoms with Crippen molar-refractivity contribution in [2.24, 2.45) is 11.1 Å². The van der Waals surface area contributed by atoms with Crippen LogP contribution in [0, 0.1) is 5.41 Å². The number of nitrogens with two attached hydrogens (primary N) is 1. The van der Waals surface area contributed by atoms with Crippen LogP contribution < -0.4 is 5.73 Å². The zero-order chi connectivity index (χ0) is 12.5. The summed E-state index contributed by atoms with van der Waals surface area (Å²) in [7, 11) is 0. The molecule has 1 fully saturated rings. The van der Waals surface area contributed by atoms with Gasteiger partial charge in [0, 0.05) is 17.3 Å². The highest BCUT2D eigenvalue weighted by atomic mass is 32.1. The molecule has 0 spiro atoms. The van der Waals surface area contributed by atoms with E-state index in [1.807, 2.05) is 11.3 Å². The van der Waals surface area contributed by atoms with Gasteiger partial charge in [-0.3, -0.25) is 0 Å². The standard InChI is InChI=1S/C14H24N2S/c1-14(2,3)8-7-13-16-12(9-17-13)10-5-4-6-11(10)15/h9-11H,4-8,15H2,1-3H3. The fourth-order valence-electron chi connectivity index (χ4n) is 2.45. The maximum absolute atomic E-state index is 6.13. The van der Waals surface area contributed by atoms with Gasteiger partial charge < -0.3 is 5.73 Å². The highest BCUT2D eigenvalue weighted by molar-refractivity contribution is 7.09. The summed E-state index contributed by atoms with van der Waals surface area (Å²) < 4.78 is 0. The van der Waals surface area contributed by atoms with Gasteiger partial charge in [-0.15, -0.1) is 11.3 Å². The van der Waals surface area contributed by atoms with Crippen LogP contribution in [0.5, 0.6) is 0 Å². The predicted molar refractivity (Wildman–Crippen MR) is 74.5 cm³/mol. The SMILES string of the molecule is CC(C)(C)CCc1nc(C2CCCC2N)cs1. The maximum atomic E-state index is 6.13. The molecule has 0 bridgehead atoms. The monoisotopic (exact) mass is 252 g/mol. The number of rotatable bonds is 3. The van der Waals surface area contributed by atoms with Crippen LogP contribution in [-0.2, 0) is 6.42 Å². The van der Waals surface area contributed by atoms with Gasteiger partial charge in [0.2, 0.25) is 0 Å². The second kappa shape index (κ2) is 5.07. The van der Waals surface area contributed by atoms with E-state index in [2.05, 4.69) is 26.2 Å². The van der Waals surface area contributed by atoms with Gasteiger partial charge in [0.05, 0.1) is 10.7 Å². The number of aromatic nitrogens is 1. The molecule has 0 radical (unpaired) electrons. The predicted octanol–water partition coefficient (Wildman–Crippen LogP) is 3.72. The Balaban J connectivity index is 1.96. The summed E-state index contributed by atoms with van der Waals surface area (Å²) in [6, 6.07) is 0.340. The number of hydrogen-bond acceptors (Lipinski definition) is 3. The Bertz CT molecular complexity index is 365. The Morgan fingerprint density at radius 3 is 2.76 bits per heavy atom. The summed E-state index contributed by atoms with van der Waals surface area (Å²) in [6.07, 6.45) is 5.97. The largest absolute Gasteiger partial charge is 0.327 e. The lowest BCUT2D eigenvalue weighted by Crippen LogP contribution is -2.22. The minimum absolute atomic E-state index is 0.340. The van der Waals surface area contributed by atoms with Crippen molar-refractivity contribution in [3.8, 4) is 0 Å². The first-order valence-corrected chi connectivity index (χ1v) is 7.53. The molecular weight excluding hydrogens is 228 g/mol. The molecule has 1 saturated carbocycles. The molecule has 3 heteroatoms. The van der Waals surface area contributed by atoms with Gasteiger partial charge in [0.15, 0.2) is 0 Å². The minimum atomic E-state index is 0.340. The average Bonchev–Trinajstić information content (AvgIpc) is 2.81. The lowest BCUT2D eigenvalue weighted by molar-refractivity contribution is 0.377. The Hall–Kier alpha value is -0.410. The molecule has 1 aliphatic carbocycles. The first kappa shape index (κ1) is 13.0. The summed E-state index contributed by atoms with van der Waals surface area (Å²) in [5, 5.41) is 3.52. The highest BCUT2D eigenvalue weighted by Crippen LogP contribution is 2.34. The van der Waals surface area contributed by atoms with Crippen molar-refractivity contribution in [2.45, 2.75) is 64.8 Å². The number of thiazole rings is 1. The van der Waals surface area contributed by atoms with Crippen molar-refractivity contribution in [1.29, 1.82) is 0 Å². The Labute approximate surface area is 109 Å². The summed E-state index contributed by atoms with van der Waals surface area (Å²) in [6.45, 7) is 6.86.